The highest BCUT2D eigenvalue weighted by Gasteiger charge is 2.57. The monoisotopic (exact) mass is 367 g/mol. The van der Waals surface area contributed by atoms with Crippen molar-refractivity contribution in [2.45, 2.75) is 50.2 Å². The standard InChI is InChI=1S/C11H18F5N3O3S/c1-19(8-5-3-2-4-6-8)23(21,22)18-9(20)17-7-10(12,13)11(14,15)16/h8H,2-7H2,1H3,(H2,17,18,20). The summed E-state index contributed by atoms with van der Waals surface area (Å²) >= 11 is 0. The molecular formula is C11H18F5N3O3S. The predicted octanol–water partition coefficient (Wildman–Crippen LogP) is 1.99. The number of hydrogen-bond donors (Lipinski definition) is 2. The molecule has 0 aliphatic heterocycles. The third-order valence-electron chi connectivity index (χ3n) is 3.58. The molecule has 136 valence electrons. The van der Waals surface area contributed by atoms with Gasteiger partial charge >= 0.3 is 28.3 Å². The van der Waals surface area contributed by atoms with Gasteiger partial charge in [0.2, 0.25) is 0 Å². The van der Waals surface area contributed by atoms with E-state index < -0.39 is 34.9 Å². The van der Waals surface area contributed by atoms with E-state index in [2.05, 4.69) is 0 Å². The van der Waals surface area contributed by atoms with Crippen molar-refractivity contribution in [2.24, 2.45) is 0 Å². The van der Waals surface area contributed by atoms with Crippen molar-refractivity contribution in [3.63, 3.8) is 0 Å². The highest BCUT2D eigenvalue weighted by molar-refractivity contribution is 7.87. The first kappa shape index (κ1) is 19.9. The Kier molecular flexibility index (Phi) is 6.18. The van der Waals surface area contributed by atoms with Crippen LogP contribution in [0.4, 0.5) is 26.7 Å². The lowest BCUT2D eigenvalue weighted by atomic mass is 9.96. The molecule has 0 spiro atoms. The van der Waals surface area contributed by atoms with Crippen molar-refractivity contribution < 1.29 is 35.2 Å². The van der Waals surface area contributed by atoms with Gasteiger partial charge in [-0.2, -0.15) is 34.7 Å². The first-order valence-corrected chi connectivity index (χ1v) is 8.29. The molecule has 0 bridgehead atoms. The van der Waals surface area contributed by atoms with Crippen molar-refractivity contribution in [3.05, 3.63) is 0 Å². The Morgan fingerprint density at radius 1 is 1.13 bits per heavy atom. The van der Waals surface area contributed by atoms with Gasteiger partial charge in [-0.3, -0.25) is 0 Å². The molecule has 12 heteroatoms. The van der Waals surface area contributed by atoms with E-state index in [1.165, 1.54) is 17.1 Å². The lowest BCUT2D eigenvalue weighted by Gasteiger charge is -2.30. The molecule has 2 amide bonds. The fourth-order valence-corrected chi connectivity index (χ4v) is 3.21. The van der Waals surface area contributed by atoms with E-state index in [9.17, 15) is 35.2 Å². The van der Waals surface area contributed by atoms with Crippen molar-refractivity contribution in [3.8, 4) is 0 Å². The molecule has 1 saturated carbocycles. The van der Waals surface area contributed by atoms with Gasteiger partial charge in [-0.25, -0.2) is 9.52 Å². The number of urea groups is 1. The lowest BCUT2D eigenvalue weighted by Crippen LogP contribution is -2.53. The van der Waals surface area contributed by atoms with Gasteiger partial charge in [0.05, 0.1) is 6.54 Å². The number of rotatable bonds is 5. The number of amides is 2. The maximum absolute atomic E-state index is 12.6. The molecule has 1 aliphatic carbocycles. The van der Waals surface area contributed by atoms with Crippen molar-refractivity contribution in [1.82, 2.24) is 14.3 Å². The number of hydrogen-bond acceptors (Lipinski definition) is 3. The van der Waals surface area contributed by atoms with Gasteiger partial charge in [-0.15, -0.1) is 0 Å². The van der Waals surface area contributed by atoms with Crippen LogP contribution in [0.2, 0.25) is 0 Å². The molecular weight excluding hydrogens is 349 g/mol. The van der Waals surface area contributed by atoms with Crippen molar-refractivity contribution >= 4 is 16.2 Å². The van der Waals surface area contributed by atoms with E-state index in [4.69, 9.17) is 0 Å². The number of nitrogens with zero attached hydrogens (tertiary/aromatic N) is 1. The first-order chi connectivity index (χ1) is 10.4. The molecule has 2 N–H and O–H groups in total. The van der Waals surface area contributed by atoms with Gasteiger partial charge in [-0.1, -0.05) is 19.3 Å². The molecule has 1 aliphatic rings. The highest BCUT2D eigenvalue weighted by Crippen LogP contribution is 2.34. The molecule has 6 nitrogen and oxygen atoms in total. The fraction of sp³-hybridized carbons (Fsp3) is 0.909. The minimum atomic E-state index is -5.84. The average Bonchev–Trinajstić information content (AvgIpc) is 2.43. The molecule has 0 aromatic carbocycles. The number of carbonyl (C=O) groups excluding carboxylic acids is 1. The summed E-state index contributed by atoms with van der Waals surface area (Å²) in [6, 6.07) is -1.98. The van der Waals surface area contributed by atoms with Gasteiger partial charge in [0, 0.05) is 13.1 Å². The molecule has 0 unspecified atom stereocenters. The summed E-state index contributed by atoms with van der Waals surface area (Å²) in [6.07, 6.45) is -2.07. The second-order valence-corrected chi connectivity index (χ2v) is 7.03. The molecule has 1 fully saturated rings. The first-order valence-electron chi connectivity index (χ1n) is 6.85. The van der Waals surface area contributed by atoms with Gasteiger partial charge in [-0.05, 0) is 12.8 Å². The Balaban J connectivity index is 2.58. The van der Waals surface area contributed by atoms with Crippen LogP contribution in [0.25, 0.3) is 0 Å². The van der Waals surface area contributed by atoms with E-state index in [1.807, 2.05) is 0 Å². The van der Waals surface area contributed by atoms with Crippen LogP contribution in [-0.2, 0) is 10.2 Å². The van der Waals surface area contributed by atoms with E-state index in [0.717, 1.165) is 23.6 Å². The van der Waals surface area contributed by atoms with Crippen molar-refractivity contribution in [2.75, 3.05) is 13.6 Å². The van der Waals surface area contributed by atoms with E-state index in [-0.39, 0.29) is 6.04 Å². The van der Waals surface area contributed by atoms with Gasteiger partial charge in [0.15, 0.2) is 0 Å². The van der Waals surface area contributed by atoms with Crippen LogP contribution in [0.1, 0.15) is 32.1 Å². The maximum atomic E-state index is 12.6. The Hall–Kier alpha value is -1.17. The van der Waals surface area contributed by atoms with E-state index >= 15 is 0 Å². The van der Waals surface area contributed by atoms with Gasteiger partial charge in [0.1, 0.15) is 0 Å². The summed E-state index contributed by atoms with van der Waals surface area (Å²) in [6.45, 7) is -2.05. The van der Waals surface area contributed by atoms with Crippen LogP contribution in [0.5, 0.6) is 0 Å². The fourth-order valence-electron chi connectivity index (χ4n) is 2.16. The molecule has 0 atom stereocenters. The van der Waals surface area contributed by atoms with Gasteiger partial charge < -0.3 is 5.32 Å². The quantitative estimate of drug-likeness (QED) is 0.730. The van der Waals surface area contributed by atoms with E-state index in [0.29, 0.717) is 12.8 Å². The number of alkyl halides is 5. The molecule has 0 aromatic rings. The second-order valence-electron chi connectivity index (χ2n) is 5.30. The molecule has 0 aromatic heterocycles. The van der Waals surface area contributed by atoms with Crippen LogP contribution in [0, 0.1) is 0 Å². The zero-order valence-electron chi connectivity index (χ0n) is 12.3. The average molecular weight is 367 g/mol. The summed E-state index contributed by atoms with van der Waals surface area (Å²) in [5.41, 5.74) is 0. The van der Waals surface area contributed by atoms with Crippen LogP contribution < -0.4 is 10.0 Å². The third-order valence-corrected chi connectivity index (χ3v) is 5.08. The summed E-state index contributed by atoms with van der Waals surface area (Å²) in [7, 11) is -3.10. The summed E-state index contributed by atoms with van der Waals surface area (Å²) in [5.74, 6) is -5.15. The SMILES string of the molecule is CN(C1CCCCC1)S(=O)(=O)NC(=O)NCC(F)(F)C(F)(F)F. The number of carbonyl (C=O) groups is 1. The smallest absolute Gasteiger partial charge is 0.331 e. The number of halogens is 5. The van der Waals surface area contributed by atoms with Crippen LogP contribution >= 0.6 is 0 Å². The van der Waals surface area contributed by atoms with E-state index in [1.54, 1.807) is 0 Å². The largest absolute Gasteiger partial charge is 0.455 e. The Labute approximate surface area is 130 Å². The lowest BCUT2D eigenvalue weighted by molar-refractivity contribution is -0.278. The molecule has 0 saturated heterocycles. The zero-order valence-corrected chi connectivity index (χ0v) is 13.1. The minimum Gasteiger partial charge on any atom is -0.331 e. The topological polar surface area (TPSA) is 78.5 Å². The minimum absolute atomic E-state index is 0.342. The Morgan fingerprint density at radius 3 is 2.13 bits per heavy atom. The Bertz CT molecular complexity index is 517. The third kappa shape index (κ3) is 5.44. The van der Waals surface area contributed by atoms with Crippen molar-refractivity contribution in [1.29, 1.82) is 0 Å². The van der Waals surface area contributed by atoms with Gasteiger partial charge in [0.25, 0.3) is 0 Å². The van der Waals surface area contributed by atoms with Crippen LogP contribution in [0.3, 0.4) is 0 Å². The zero-order chi connectivity index (χ0) is 17.9. The number of nitrogens with one attached hydrogen (secondary N) is 2. The normalized spacial score (nSPS) is 18.0. The molecule has 0 radical (unpaired) electrons. The molecule has 1 rings (SSSR count). The molecule has 23 heavy (non-hydrogen) atoms. The predicted molar refractivity (Wildman–Crippen MR) is 71.1 cm³/mol. The van der Waals surface area contributed by atoms with Crippen LogP contribution in [0.15, 0.2) is 0 Å². The van der Waals surface area contributed by atoms with Crippen LogP contribution in [-0.4, -0.2) is 50.5 Å². The maximum Gasteiger partial charge on any atom is 0.455 e. The summed E-state index contributed by atoms with van der Waals surface area (Å²) in [5, 5.41) is 1.22. The molecule has 0 heterocycles. The highest BCUT2D eigenvalue weighted by atomic mass is 32.2. The summed E-state index contributed by atoms with van der Waals surface area (Å²) < 4.78 is 87.3. The Morgan fingerprint density at radius 2 is 1.65 bits per heavy atom. The summed E-state index contributed by atoms with van der Waals surface area (Å²) in [4.78, 5) is 11.3. The second kappa shape index (κ2) is 7.16.